The minimum Gasteiger partial charge on any atom is -0.299 e. The summed E-state index contributed by atoms with van der Waals surface area (Å²) < 4.78 is 26.4. The van der Waals surface area contributed by atoms with Gasteiger partial charge in [-0.15, -0.1) is 0 Å². The molecule has 3 heteroatoms. The lowest BCUT2D eigenvalue weighted by Gasteiger charge is -2.20. The molecule has 76 valence electrons. The van der Waals surface area contributed by atoms with Crippen molar-refractivity contribution in [1.29, 1.82) is 0 Å². The zero-order valence-electron chi connectivity index (χ0n) is 8.13. The Balaban J connectivity index is 2.36. The molecular formula is C11H13F2N. The fourth-order valence-electron chi connectivity index (χ4n) is 2.08. The molecule has 1 saturated heterocycles. The molecule has 1 fully saturated rings. The van der Waals surface area contributed by atoms with Gasteiger partial charge in [0, 0.05) is 11.6 Å². The minimum absolute atomic E-state index is 0.0469. The van der Waals surface area contributed by atoms with Gasteiger partial charge in [-0.2, -0.15) is 0 Å². The van der Waals surface area contributed by atoms with Crippen molar-refractivity contribution >= 4 is 0 Å². The summed E-state index contributed by atoms with van der Waals surface area (Å²) in [6.07, 6.45) is 1.97. The molecule has 14 heavy (non-hydrogen) atoms. The highest BCUT2D eigenvalue weighted by atomic mass is 19.2. The van der Waals surface area contributed by atoms with E-state index in [0.29, 0.717) is 5.56 Å². The summed E-state index contributed by atoms with van der Waals surface area (Å²) in [5.74, 6) is -1.44. The maximum Gasteiger partial charge on any atom is 0.163 e. The quantitative estimate of drug-likeness (QED) is 0.669. The Morgan fingerprint density at radius 3 is 2.79 bits per heavy atom. The first kappa shape index (κ1) is 9.59. The van der Waals surface area contributed by atoms with E-state index in [0.717, 1.165) is 25.5 Å². The van der Waals surface area contributed by atoms with Crippen LogP contribution in [0.1, 0.15) is 24.4 Å². The molecule has 1 aliphatic heterocycles. The monoisotopic (exact) mass is 197 g/mol. The van der Waals surface area contributed by atoms with E-state index in [4.69, 9.17) is 0 Å². The molecule has 0 bridgehead atoms. The standard InChI is InChI=1S/C11H13F2N/c1-14-7-3-6-10(14)8-4-2-5-9(12)11(8)13/h2,4-5,10H,3,6-7H2,1H3/t10-/m1/s1. The van der Waals surface area contributed by atoms with Crippen molar-refractivity contribution in [3.05, 3.63) is 35.4 Å². The van der Waals surface area contributed by atoms with Crippen LogP contribution in [0.15, 0.2) is 18.2 Å². The van der Waals surface area contributed by atoms with Crippen molar-refractivity contribution in [3.63, 3.8) is 0 Å². The van der Waals surface area contributed by atoms with Crippen LogP contribution in [-0.2, 0) is 0 Å². The Bertz CT molecular complexity index is 338. The SMILES string of the molecule is CN1CCC[C@@H]1c1cccc(F)c1F. The molecule has 1 aromatic rings. The molecule has 2 rings (SSSR count). The topological polar surface area (TPSA) is 3.24 Å². The van der Waals surface area contributed by atoms with Crippen molar-refractivity contribution in [1.82, 2.24) is 4.90 Å². The Hall–Kier alpha value is -0.960. The lowest BCUT2D eigenvalue weighted by atomic mass is 10.0. The average Bonchev–Trinajstić information content (AvgIpc) is 2.57. The molecule has 0 radical (unpaired) electrons. The van der Waals surface area contributed by atoms with Crippen molar-refractivity contribution in [2.45, 2.75) is 18.9 Å². The fraction of sp³-hybridized carbons (Fsp3) is 0.455. The minimum atomic E-state index is -0.747. The van der Waals surface area contributed by atoms with E-state index < -0.39 is 11.6 Å². The van der Waals surface area contributed by atoms with E-state index in [-0.39, 0.29) is 6.04 Å². The highest BCUT2D eigenvalue weighted by molar-refractivity contribution is 5.23. The summed E-state index contributed by atoms with van der Waals surface area (Å²) in [7, 11) is 1.95. The number of rotatable bonds is 1. The Morgan fingerprint density at radius 1 is 1.36 bits per heavy atom. The third-order valence-electron chi connectivity index (χ3n) is 2.86. The van der Waals surface area contributed by atoms with Crippen LogP contribution in [0, 0.1) is 11.6 Å². The molecule has 0 saturated carbocycles. The van der Waals surface area contributed by atoms with Crippen LogP contribution in [0.2, 0.25) is 0 Å². The molecule has 1 heterocycles. The second-order valence-electron chi connectivity index (χ2n) is 3.78. The van der Waals surface area contributed by atoms with Crippen molar-refractivity contribution in [2.75, 3.05) is 13.6 Å². The molecule has 0 aliphatic carbocycles. The molecule has 0 spiro atoms. The van der Waals surface area contributed by atoms with Gasteiger partial charge in [-0.05, 0) is 32.5 Å². The zero-order chi connectivity index (χ0) is 10.1. The van der Waals surface area contributed by atoms with E-state index in [2.05, 4.69) is 4.90 Å². The van der Waals surface area contributed by atoms with Gasteiger partial charge < -0.3 is 0 Å². The first-order valence-corrected chi connectivity index (χ1v) is 4.84. The van der Waals surface area contributed by atoms with Gasteiger partial charge in [-0.1, -0.05) is 12.1 Å². The number of nitrogens with zero attached hydrogens (tertiary/aromatic N) is 1. The number of likely N-dealkylation sites (tertiary alicyclic amines) is 1. The first-order chi connectivity index (χ1) is 6.70. The average molecular weight is 197 g/mol. The number of hydrogen-bond acceptors (Lipinski definition) is 1. The lowest BCUT2D eigenvalue weighted by molar-refractivity contribution is 0.306. The van der Waals surface area contributed by atoms with Crippen molar-refractivity contribution in [3.8, 4) is 0 Å². The summed E-state index contributed by atoms with van der Waals surface area (Å²) >= 11 is 0. The van der Waals surface area contributed by atoms with Crippen LogP contribution in [0.4, 0.5) is 8.78 Å². The van der Waals surface area contributed by atoms with Gasteiger partial charge in [0.2, 0.25) is 0 Å². The lowest BCUT2D eigenvalue weighted by Crippen LogP contribution is -2.18. The molecule has 1 aliphatic rings. The van der Waals surface area contributed by atoms with Crippen LogP contribution >= 0.6 is 0 Å². The number of benzene rings is 1. The molecule has 0 aromatic heterocycles. The predicted molar refractivity (Wildman–Crippen MR) is 51.0 cm³/mol. The maximum absolute atomic E-state index is 13.4. The highest BCUT2D eigenvalue weighted by Gasteiger charge is 2.25. The molecule has 1 aromatic carbocycles. The summed E-state index contributed by atoms with van der Waals surface area (Å²) in [5, 5.41) is 0. The van der Waals surface area contributed by atoms with Gasteiger partial charge >= 0.3 is 0 Å². The normalized spacial score (nSPS) is 22.9. The van der Waals surface area contributed by atoms with E-state index in [1.165, 1.54) is 0 Å². The van der Waals surface area contributed by atoms with E-state index in [1.807, 2.05) is 7.05 Å². The molecule has 0 N–H and O–H groups in total. The molecule has 1 atom stereocenters. The second kappa shape index (κ2) is 3.65. The second-order valence-corrected chi connectivity index (χ2v) is 3.78. The third-order valence-corrected chi connectivity index (χ3v) is 2.86. The molecule has 0 unspecified atom stereocenters. The van der Waals surface area contributed by atoms with Crippen LogP contribution in [0.25, 0.3) is 0 Å². The summed E-state index contributed by atoms with van der Waals surface area (Å²) in [5.41, 5.74) is 0.491. The molecule has 1 nitrogen and oxygen atoms in total. The third kappa shape index (κ3) is 1.52. The van der Waals surface area contributed by atoms with Crippen LogP contribution in [-0.4, -0.2) is 18.5 Å². The Morgan fingerprint density at radius 2 is 2.14 bits per heavy atom. The Kier molecular flexibility index (Phi) is 2.50. The fourth-order valence-corrected chi connectivity index (χ4v) is 2.08. The summed E-state index contributed by atoms with van der Waals surface area (Å²) in [4.78, 5) is 2.07. The number of hydrogen-bond donors (Lipinski definition) is 0. The molecule has 0 amide bonds. The van der Waals surface area contributed by atoms with E-state index >= 15 is 0 Å². The smallest absolute Gasteiger partial charge is 0.163 e. The van der Waals surface area contributed by atoms with Gasteiger partial charge in [-0.25, -0.2) is 8.78 Å². The van der Waals surface area contributed by atoms with Gasteiger partial charge in [0.25, 0.3) is 0 Å². The summed E-state index contributed by atoms with van der Waals surface area (Å²) in [6.45, 7) is 0.959. The van der Waals surface area contributed by atoms with Gasteiger partial charge in [0.1, 0.15) is 0 Å². The predicted octanol–water partition coefficient (Wildman–Crippen LogP) is 2.73. The number of halogens is 2. The maximum atomic E-state index is 13.4. The van der Waals surface area contributed by atoms with Crippen LogP contribution in [0.5, 0.6) is 0 Å². The van der Waals surface area contributed by atoms with Crippen molar-refractivity contribution < 1.29 is 8.78 Å². The van der Waals surface area contributed by atoms with E-state index in [1.54, 1.807) is 12.1 Å². The van der Waals surface area contributed by atoms with Crippen LogP contribution in [0.3, 0.4) is 0 Å². The van der Waals surface area contributed by atoms with Gasteiger partial charge in [0.15, 0.2) is 11.6 Å². The zero-order valence-corrected chi connectivity index (χ0v) is 8.13. The van der Waals surface area contributed by atoms with Gasteiger partial charge in [-0.3, -0.25) is 4.90 Å². The molecular weight excluding hydrogens is 184 g/mol. The first-order valence-electron chi connectivity index (χ1n) is 4.84. The largest absolute Gasteiger partial charge is 0.299 e. The van der Waals surface area contributed by atoms with Crippen LogP contribution < -0.4 is 0 Å². The van der Waals surface area contributed by atoms with E-state index in [9.17, 15) is 8.78 Å². The highest BCUT2D eigenvalue weighted by Crippen LogP contribution is 2.32. The van der Waals surface area contributed by atoms with Crippen molar-refractivity contribution in [2.24, 2.45) is 0 Å². The van der Waals surface area contributed by atoms with Gasteiger partial charge in [0.05, 0.1) is 0 Å². The Labute approximate surface area is 82.3 Å². The summed E-state index contributed by atoms with van der Waals surface area (Å²) in [6, 6.07) is 4.45.